The average Bonchev–Trinajstić information content (AvgIpc) is 2.42. The highest BCUT2D eigenvalue weighted by Gasteiger charge is 2.36. The van der Waals surface area contributed by atoms with Gasteiger partial charge >= 0.3 is 0 Å². The van der Waals surface area contributed by atoms with Crippen LogP contribution in [0, 0.1) is 0 Å². The van der Waals surface area contributed by atoms with Crippen LogP contribution >= 0.6 is 0 Å². The zero-order valence-electron chi connectivity index (χ0n) is 11.0. The van der Waals surface area contributed by atoms with E-state index in [1.807, 2.05) is 31.2 Å². The largest absolute Gasteiger partial charge is 0.501 e. The highest BCUT2D eigenvalue weighted by Crippen LogP contribution is 2.36. The van der Waals surface area contributed by atoms with Gasteiger partial charge in [0, 0.05) is 12.5 Å². The first-order valence-electron chi connectivity index (χ1n) is 6.03. The number of carbonyl (C=O) groups is 1. The van der Waals surface area contributed by atoms with E-state index in [0.29, 0.717) is 0 Å². The second-order valence-electron chi connectivity index (χ2n) is 4.74. The van der Waals surface area contributed by atoms with Gasteiger partial charge in [0.25, 0.3) is 0 Å². The number of benzene rings is 1. The maximum atomic E-state index is 12.3. The molecule has 2 rings (SSSR count). The van der Waals surface area contributed by atoms with Crippen molar-refractivity contribution in [3.8, 4) is 5.75 Å². The number of allylic oxidation sites excluding steroid dienone is 2. The predicted molar refractivity (Wildman–Crippen MR) is 69.7 cm³/mol. The third-order valence-corrected chi connectivity index (χ3v) is 3.70. The summed E-state index contributed by atoms with van der Waals surface area (Å²) in [5, 5.41) is 0. The molecule has 0 saturated carbocycles. The van der Waals surface area contributed by atoms with Crippen molar-refractivity contribution in [3.63, 3.8) is 0 Å². The van der Waals surface area contributed by atoms with Gasteiger partial charge in [-0.3, -0.25) is 4.79 Å². The quantitative estimate of drug-likeness (QED) is 0.822. The van der Waals surface area contributed by atoms with Crippen molar-refractivity contribution in [2.45, 2.75) is 25.2 Å². The molecule has 96 valence electrons. The number of methoxy groups -OCH3 is 2. The van der Waals surface area contributed by atoms with Crippen LogP contribution in [0.3, 0.4) is 0 Å². The van der Waals surface area contributed by atoms with Crippen LogP contribution in [0.25, 0.3) is 0 Å². The normalized spacial score (nSPS) is 23.5. The first-order valence-corrected chi connectivity index (χ1v) is 6.03. The van der Waals surface area contributed by atoms with Crippen molar-refractivity contribution in [2.24, 2.45) is 0 Å². The molecule has 1 atom stereocenters. The Hall–Kier alpha value is -1.77. The Morgan fingerprint density at radius 3 is 2.28 bits per heavy atom. The number of ether oxygens (including phenoxy) is 2. The number of rotatable bonds is 3. The Bertz CT molecular complexity index is 473. The van der Waals surface area contributed by atoms with Crippen LogP contribution in [0.5, 0.6) is 5.75 Å². The minimum atomic E-state index is -0.450. The molecule has 1 aromatic rings. The van der Waals surface area contributed by atoms with E-state index in [4.69, 9.17) is 9.47 Å². The van der Waals surface area contributed by atoms with E-state index in [-0.39, 0.29) is 5.78 Å². The molecule has 0 fully saturated rings. The van der Waals surface area contributed by atoms with Gasteiger partial charge < -0.3 is 9.47 Å². The fourth-order valence-electron chi connectivity index (χ4n) is 2.28. The van der Waals surface area contributed by atoms with Crippen molar-refractivity contribution >= 4 is 5.78 Å². The van der Waals surface area contributed by atoms with Gasteiger partial charge in [-0.05, 0) is 31.0 Å². The first-order chi connectivity index (χ1) is 8.60. The molecule has 0 aromatic heterocycles. The van der Waals surface area contributed by atoms with Gasteiger partial charge in [-0.15, -0.1) is 0 Å². The molecule has 3 heteroatoms. The second-order valence-corrected chi connectivity index (χ2v) is 4.74. The summed E-state index contributed by atoms with van der Waals surface area (Å²) in [6.07, 6.45) is 3.19. The van der Waals surface area contributed by atoms with Gasteiger partial charge in [0.2, 0.25) is 0 Å². The van der Waals surface area contributed by atoms with Crippen molar-refractivity contribution in [1.82, 2.24) is 0 Å². The zero-order chi connectivity index (χ0) is 13.2. The Morgan fingerprint density at radius 2 is 1.78 bits per heavy atom. The first kappa shape index (κ1) is 12.7. The van der Waals surface area contributed by atoms with Gasteiger partial charge in [0.15, 0.2) is 5.78 Å². The third-order valence-electron chi connectivity index (χ3n) is 3.70. The topological polar surface area (TPSA) is 35.5 Å². The Balaban J connectivity index is 2.31. The van der Waals surface area contributed by atoms with Crippen LogP contribution in [0.15, 0.2) is 36.1 Å². The van der Waals surface area contributed by atoms with E-state index >= 15 is 0 Å². The Morgan fingerprint density at radius 1 is 1.11 bits per heavy atom. The summed E-state index contributed by atoms with van der Waals surface area (Å²) >= 11 is 0. The predicted octanol–water partition coefficient (Wildman–Crippen LogP) is 2.85. The fraction of sp³-hybridized carbons (Fsp3) is 0.400. The van der Waals surface area contributed by atoms with Crippen molar-refractivity contribution in [1.29, 1.82) is 0 Å². The zero-order valence-corrected chi connectivity index (χ0v) is 11.0. The molecule has 0 spiro atoms. The van der Waals surface area contributed by atoms with Gasteiger partial charge in [-0.2, -0.15) is 0 Å². The molecule has 0 aliphatic heterocycles. The minimum Gasteiger partial charge on any atom is -0.501 e. The summed E-state index contributed by atoms with van der Waals surface area (Å²) in [6, 6.07) is 7.71. The molecule has 0 radical (unpaired) electrons. The Labute approximate surface area is 107 Å². The van der Waals surface area contributed by atoms with E-state index < -0.39 is 5.41 Å². The molecule has 0 bridgehead atoms. The fourth-order valence-corrected chi connectivity index (χ4v) is 2.28. The van der Waals surface area contributed by atoms with E-state index in [1.165, 1.54) is 0 Å². The third kappa shape index (κ3) is 2.13. The molecule has 18 heavy (non-hydrogen) atoms. The van der Waals surface area contributed by atoms with Crippen LogP contribution in [-0.2, 0) is 14.9 Å². The lowest BCUT2D eigenvalue weighted by atomic mass is 9.72. The summed E-state index contributed by atoms with van der Waals surface area (Å²) in [6.45, 7) is 1.99. The number of hydrogen-bond donors (Lipinski definition) is 0. The van der Waals surface area contributed by atoms with Crippen molar-refractivity contribution < 1.29 is 14.3 Å². The van der Waals surface area contributed by atoms with Gasteiger partial charge in [0.1, 0.15) is 5.75 Å². The molecule has 0 heterocycles. The molecule has 1 unspecified atom stereocenters. The Kier molecular flexibility index (Phi) is 3.41. The maximum absolute atomic E-state index is 12.3. The molecule has 1 aliphatic carbocycles. The van der Waals surface area contributed by atoms with Crippen LogP contribution in [0.2, 0.25) is 0 Å². The second kappa shape index (κ2) is 4.84. The monoisotopic (exact) mass is 246 g/mol. The van der Waals surface area contributed by atoms with Gasteiger partial charge in [-0.25, -0.2) is 0 Å². The van der Waals surface area contributed by atoms with Gasteiger partial charge in [0.05, 0.1) is 25.4 Å². The van der Waals surface area contributed by atoms with E-state index in [9.17, 15) is 4.79 Å². The highest BCUT2D eigenvalue weighted by atomic mass is 16.5. The standard InChI is InChI=1S/C15H18O3/c1-15(9-8-13(18-3)10-14(15)16)11-4-6-12(17-2)7-5-11/h4-7,10H,8-9H2,1-3H3. The SMILES string of the molecule is COC1=CC(=O)C(C)(c2ccc(OC)cc2)CC1. The van der Waals surface area contributed by atoms with Crippen LogP contribution in [0.1, 0.15) is 25.3 Å². The molecule has 0 saturated heterocycles. The van der Waals surface area contributed by atoms with Gasteiger partial charge in [-0.1, -0.05) is 12.1 Å². The van der Waals surface area contributed by atoms with Crippen molar-refractivity contribution in [3.05, 3.63) is 41.7 Å². The molecular formula is C15H18O3. The number of carbonyl (C=O) groups excluding carboxylic acids is 1. The number of hydrogen-bond acceptors (Lipinski definition) is 3. The van der Waals surface area contributed by atoms with E-state index in [1.54, 1.807) is 20.3 Å². The summed E-state index contributed by atoms with van der Waals surface area (Å²) in [7, 11) is 3.24. The lowest BCUT2D eigenvalue weighted by Gasteiger charge is -2.31. The summed E-state index contributed by atoms with van der Waals surface area (Å²) in [5.74, 6) is 1.68. The lowest BCUT2D eigenvalue weighted by Crippen LogP contribution is -2.34. The number of ketones is 1. The minimum absolute atomic E-state index is 0.107. The van der Waals surface area contributed by atoms with Crippen molar-refractivity contribution in [2.75, 3.05) is 14.2 Å². The smallest absolute Gasteiger partial charge is 0.169 e. The summed E-state index contributed by atoms with van der Waals surface area (Å²) in [4.78, 5) is 12.3. The van der Waals surface area contributed by atoms with E-state index in [0.717, 1.165) is 29.9 Å². The highest BCUT2D eigenvalue weighted by molar-refractivity contribution is 5.99. The molecule has 0 N–H and O–H groups in total. The molecule has 1 aliphatic rings. The van der Waals surface area contributed by atoms with Crippen LogP contribution in [0.4, 0.5) is 0 Å². The lowest BCUT2D eigenvalue weighted by molar-refractivity contribution is -0.120. The molecular weight excluding hydrogens is 228 g/mol. The summed E-state index contributed by atoms with van der Waals surface area (Å²) < 4.78 is 10.3. The van der Waals surface area contributed by atoms with Crippen LogP contribution < -0.4 is 4.74 Å². The molecule has 0 amide bonds. The summed E-state index contributed by atoms with van der Waals surface area (Å²) in [5.41, 5.74) is 0.577. The molecule has 1 aromatic carbocycles. The average molecular weight is 246 g/mol. The molecule has 3 nitrogen and oxygen atoms in total. The van der Waals surface area contributed by atoms with Crippen LogP contribution in [-0.4, -0.2) is 20.0 Å². The van der Waals surface area contributed by atoms with E-state index in [2.05, 4.69) is 0 Å². The maximum Gasteiger partial charge on any atom is 0.169 e.